The molecule has 0 aromatic heterocycles. The molecule has 2 rings (SSSR count). The molecule has 0 aliphatic heterocycles. The van der Waals surface area contributed by atoms with E-state index in [4.69, 9.17) is 4.74 Å². The second-order valence-electron chi connectivity index (χ2n) is 4.16. The van der Waals surface area contributed by atoms with Crippen LogP contribution in [-0.2, 0) is 0 Å². The van der Waals surface area contributed by atoms with Crippen molar-refractivity contribution in [3.8, 4) is 5.75 Å². The van der Waals surface area contributed by atoms with Gasteiger partial charge in [-0.15, -0.1) is 0 Å². The van der Waals surface area contributed by atoms with Gasteiger partial charge >= 0.3 is 0 Å². The van der Waals surface area contributed by atoms with Gasteiger partial charge in [0.1, 0.15) is 11.6 Å². The van der Waals surface area contributed by atoms with E-state index in [2.05, 4.69) is 22.0 Å². The minimum Gasteiger partial charge on any atom is -0.496 e. The first-order chi connectivity index (χ1) is 8.61. The standard InChI is InChI=1S/C15H14BrFO/c1-10-4-3-5-11(8-10)15(16)13-9-12(17)6-7-14(13)18-2/h3-9,15H,1-2H3. The molecule has 0 aliphatic carbocycles. The van der Waals surface area contributed by atoms with Gasteiger partial charge in [-0.2, -0.15) is 0 Å². The zero-order valence-corrected chi connectivity index (χ0v) is 11.9. The van der Waals surface area contributed by atoms with Crippen molar-refractivity contribution >= 4 is 15.9 Å². The maximum atomic E-state index is 13.4. The number of aryl methyl sites for hydroxylation is 1. The number of ether oxygens (including phenoxy) is 1. The summed E-state index contributed by atoms with van der Waals surface area (Å²) in [6.45, 7) is 2.03. The molecule has 0 saturated heterocycles. The molecule has 94 valence electrons. The summed E-state index contributed by atoms with van der Waals surface area (Å²) in [6, 6.07) is 12.7. The van der Waals surface area contributed by atoms with E-state index in [-0.39, 0.29) is 10.6 Å². The van der Waals surface area contributed by atoms with Gasteiger partial charge < -0.3 is 4.74 Å². The first-order valence-corrected chi connectivity index (χ1v) is 6.57. The molecule has 1 unspecified atom stereocenters. The number of halogens is 2. The summed E-state index contributed by atoms with van der Waals surface area (Å²) in [5.41, 5.74) is 3.05. The topological polar surface area (TPSA) is 9.23 Å². The Kier molecular flexibility index (Phi) is 4.02. The molecule has 0 saturated carbocycles. The van der Waals surface area contributed by atoms with Crippen molar-refractivity contribution in [3.05, 3.63) is 65.0 Å². The third kappa shape index (κ3) is 2.72. The molecule has 1 nitrogen and oxygen atoms in total. The molecule has 2 aromatic rings. The van der Waals surface area contributed by atoms with Crippen LogP contribution in [0, 0.1) is 12.7 Å². The summed E-state index contributed by atoms with van der Waals surface area (Å²) in [6.07, 6.45) is 0. The Morgan fingerprint density at radius 1 is 1.17 bits per heavy atom. The van der Waals surface area contributed by atoms with E-state index in [0.717, 1.165) is 11.1 Å². The zero-order chi connectivity index (χ0) is 13.1. The largest absolute Gasteiger partial charge is 0.496 e. The fourth-order valence-corrected chi connectivity index (χ4v) is 2.55. The number of hydrogen-bond acceptors (Lipinski definition) is 1. The zero-order valence-electron chi connectivity index (χ0n) is 10.3. The highest BCUT2D eigenvalue weighted by Crippen LogP contribution is 2.37. The van der Waals surface area contributed by atoms with Crippen molar-refractivity contribution < 1.29 is 9.13 Å². The lowest BCUT2D eigenvalue weighted by Gasteiger charge is -2.15. The smallest absolute Gasteiger partial charge is 0.123 e. The maximum Gasteiger partial charge on any atom is 0.123 e. The van der Waals surface area contributed by atoms with E-state index in [1.54, 1.807) is 13.2 Å². The van der Waals surface area contributed by atoms with E-state index in [9.17, 15) is 4.39 Å². The van der Waals surface area contributed by atoms with Crippen LogP contribution in [0.5, 0.6) is 5.75 Å². The van der Waals surface area contributed by atoms with Crippen molar-refractivity contribution in [2.45, 2.75) is 11.8 Å². The van der Waals surface area contributed by atoms with Crippen molar-refractivity contribution in [1.82, 2.24) is 0 Å². The minimum absolute atomic E-state index is 0.0805. The van der Waals surface area contributed by atoms with Crippen LogP contribution in [0.15, 0.2) is 42.5 Å². The average Bonchev–Trinajstić information content (AvgIpc) is 2.38. The Bertz CT molecular complexity index is 554. The van der Waals surface area contributed by atoms with Gasteiger partial charge in [-0.25, -0.2) is 4.39 Å². The molecule has 18 heavy (non-hydrogen) atoms. The quantitative estimate of drug-likeness (QED) is 0.751. The fraction of sp³-hybridized carbons (Fsp3) is 0.200. The van der Waals surface area contributed by atoms with Gasteiger partial charge in [0.15, 0.2) is 0 Å². The van der Waals surface area contributed by atoms with Crippen LogP contribution in [0.1, 0.15) is 21.5 Å². The van der Waals surface area contributed by atoms with E-state index in [0.29, 0.717) is 5.75 Å². The molecule has 0 amide bonds. The maximum absolute atomic E-state index is 13.4. The predicted octanol–water partition coefficient (Wildman–Crippen LogP) is 4.63. The minimum atomic E-state index is -0.261. The molecule has 0 N–H and O–H groups in total. The number of methoxy groups -OCH3 is 1. The van der Waals surface area contributed by atoms with E-state index < -0.39 is 0 Å². The molecule has 0 heterocycles. The first-order valence-electron chi connectivity index (χ1n) is 5.66. The summed E-state index contributed by atoms with van der Waals surface area (Å²) < 4.78 is 18.6. The third-order valence-corrected chi connectivity index (χ3v) is 3.82. The van der Waals surface area contributed by atoms with Gasteiger partial charge in [-0.3, -0.25) is 0 Å². The highest BCUT2D eigenvalue weighted by Gasteiger charge is 2.16. The lowest BCUT2D eigenvalue weighted by Crippen LogP contribution is -1.98. The van der Waals surface area contributed by atoms with Crippen LogP contribution in [0.3, 0.4) is 0 Å². The fourth-order valence-electron chi connectivity index (χ4n) is 1.91. The summed E-state index contributed by atoms with van der Waals surface area (Å²) in [4.78, 5) is -0.0805. The van der Waals surface area contributed by atoms with Crippen molar-refractivity contribution in [1.29, 1.82) is 0 Å². The van der Waals surface area contributed by atoms with Crippen LogP contribution in [0.25, 0.3) is 0 Å². The van der Waals surface area contributed by atoms with Gasteiger partial charge in [0.25, 0.3) is 0 Å². The summed E-state index contributed by atoms with van der Waals surface area (Å²) in [5.74, 6) is 0.419. The highest BCUT2D eigenvalue weighted by atomic mass is 79.9. The molecular weight excluding hydrogens is 295 g/mol. The van der Waals surface area contributed by atoms with Crippen LogP contribution in [-0.4, -0.2) is 7.11 Å². The van der Waals surface area contributed by atoms with Crippen LogP contribution < -0.4 is 4.74 Å². The number of alkyl halides is 1. The van der Waals surface area contributed by atoms with Crippen LogP contribution >= 0.6 is 15.9 Å². The molecule has 0 bridgehead atoms. The number of rotatable bonds is 3. The summed E-state index contributed by atoms with van der Waals surface area (Å²) >= 11 is 3.61. The molecular formula is C15H14BrFO. The Morgan fingerprint density at radius 3 is 2.61 bits per heavy atom. The van der Waals surface area contributed by atoms with Gasteiger partial charge in [-0.1, -0.05) is 45.8 Å². The van der Waals surface area contributed by atoms with Gasteiger partial charge in [-0.05, 0) is 30.7 Å². The second kappa shape index (κ2) is 5.53. The molecule has 2 aromatic carbocycles. The first kappa shape index (κ1) is 13.1. The molecule has 0 aliphatic rings. The van der Waals surface area contributed by atoms with E-state index >= 15 is 0 Å². The predicted molar refractivity (Wildman–Crippen MR) is 74.9 cm³/mol. The van der Waals surface area contributed by atoms with Crippen molar-refractivity contribution in [3.63, 3.8) is 0 Å². The SMILES string of the molecule is COc1ccc(F)cc1C(Br)c1cccc(C)c1. The number of benzene rings is 2. The summed E-state index contributed by atoms with van der Waals surface area (Å²) in [7, 11) is 1.59. The van der Waals surface area contributed by atoms with Gasteiger partial charge in [0, 0.05) is 5.56 Å². The Hall–Kier alpha value is -1.35. The molecule has 0 spiro atoms. The third-order valence-electron chi connectivity index (χ3n) is 2.80. The Labute approximate surface area is 115 Å². The van der Waals surface area contributed by atoms with Crippen LogP contribution in [0.2, 0.25) is 0 Å². The second-order valence-corrected chi connectivity index (χ2v) is 5.08. The van der Waals surface area contributed by atoms with Crippen molar-refractivity contribution in [2.75, 3.05) is 7.11 Å². The van der Waals surface area contributed by atoms with E-state index in [1.165, 1.54) is 17.7 Å². The van der Waals surface area contributed by atoms with Crippen molar-refractivity contribution in [2.24, 2.45) is 0 Å². The molecule has 1 atom stereocenters. The Morgan fingerprint density at radius 2 is 1.94 bits per heavy atom. The highest BCUT2D eigenvalue weighted by molar-refractivity contribution is 9.09. The lowest BCUT2D eigenvalue weighted by molar-refractivity contribution is 0.409. The van der Waals surface area contributed by atoms with Gasteiger partial charge in [0.05, 0.1) is 11.9 Å². The average molecular weight is 309 g/mol. The number of hydrogen-bond donors (Lipinski definition) is 0. The Balaban J connectivity index is 2.44. The van der Waals surface area contributed by atoms with Crippen LogP contribution in [0.4, 0.5) is 4.39 Å². The molecule has 0 radical (unpaired) electrons. The normalized spacial score (nSPS) is 12.2. The van der Waals surface area contributed by atoms with E-state index in [1.807, 2.05) is 25.1 Å². The van der Waals surface area contributed by atoms with Gasteiger partial charge in [0.2, 0.25) is 0 Å². The summed E-state index contributed by atoms with van der Waals surface area (Å²) in [5, 5.41) is 0. The lowest BCUT2D eigenvalue weighted by atomic mass is 10.0. The monoisotopic (exact) mass is 308 g/mol. The molecule has 3 heteroatoms. The molecule has 0 fully saturated rings.